The van der Waals surface area contributed by atoms with Crippen LogP contribution in [0.15, 0.2) is 107 Å². The third-order valence-electron chi connectivity index (χ3n) is 14.4. The smallest absolute Gasteiger partial charge is 0.260 e. The largest absolute Gasteiger partial charge is 0.493 e. The van der Waals surface area contributed by atoms with Gasteiger partial charge < -0.3 is 39.4 Å². The van der Waals surface area contributed by atoms with Gasteiger partial charge in [0.25, 0.3) is 23.6 Å². The van der Waals surface area contributed by atoms with Crippen molar-refractivity contribution < 1.29 is 56.9 Å². The number of fused-ring (bicyclic) bond motifs is 4. The minimum atomic E-state index is -0.762. The summed E-state index contributed by atoms with van der Waals surface area (Å²) in [5, 5.41) is 5.73. The molecule has 0 unspecified atom stereocenters. The molecule has 4 aromatic carbocycles. The summed E-state index contributed by atoms with van der Waals surface area (Å²) in [5.41, 5.74) is 5.63. The molecule has 0 bridgehead atoms. The van der Waals surface area contributed by atoms with Crippen LogP contribution in [-0.4, -0.2) is 120 Å². The lowest BCUT2D eigenvalue weighted by molar-refractivity contribution is -0.137. The van der Waals surface area contributed by atoms with Crippen LogP contribution < -0.4 is 29.6 Å². The van der Waals surface area contributed by atoms with Gasteiger partial charge in [0.15, 0.2) is 28.8 Å². The Kier molecular flexibility index (Phi) is 16.9. The van der Waals surface area contributed by atoms with E-state index in [4.69, 9.17) is 23.9 Å². The summed E-state index contributed by atoms with van der Waals surface area (Å²) < 4.78 is 37.2. The van der Waals surface area contributed by atoms with Crippen LogP contribution in [0.2, 0.25) is 0 Å². The van der Waals surface area contributed by atoms with Crippen molar-refractivity contribution in [3.63, 3.8) is 0 Å². The van der Waals surface area contributed by atoms with Crippen molar-refractivity contribution in [2.45, 2.75) is 90.3 Å². The van der Waals surface area contributed by atoms with Gasteiger partial charge in [0.2, 0.25) is 11.8 Å². The molecule has 19 heteroatoms. The second-order valence-corrected chi connectivity index (χ2v) is 20.3. The fourth-order valence-corrected chi connectivity index (χ4v) is 10.0. The van der Waals surface area contributed by atoms with Crippen molar-refractivity contribution in [1.29, 1.82) is 0 Å². The zero-order chi connectivity index (χ0) is 55.9. The highest BCUT2D eigenvalue weighted by Gasteiger charge is 2.36. The summed E-state index contributed by atoms with van der Waals surface area (Å²) >= 11 is 0. The Hall–Kier alpha value is -8.74. The van der Waals surface area contributed by atoms with Gasteiger partial charge >= 0.3 is 0 Å². The molecule has 4 aromatic rings. The SMILES string of the molecule is COc1cc2c(cc1OCCCOc1cc3c(cc1OC)C(=O)N1C=C(c4ccc(NC(=O)[C@H](C)CC(=O)[C@@H](NC(=O)CCCCCN5C(=O)C=CC5=O)C(C)C)cc4)C[C@H]1C=N3)N=C[C@@H]1CC(c3ccc(F)cc3)=CN1C2=O. The number of aliphatic imine (C=N–C) groups is 2. The summed E-state index contributed by atoms with van der Waals surface area (Å²) in [6, 6.07) is 18.7. The third-order valence-corrected chi connectivity index (χ3v) is 14.4. The number of rotatable bonds is 23. The molecule has 0 radical (unpaired) electrons. The summed E-state index contributed by atoms with van der Waals surface area (Å²) in [6.45, 7) is 6.10. The molecule has 79 heavy (non-hydrogen) atoms. The van der Waals surface area contributed by atoms with E-state index in [1.54, 1.807) is 83.9 Å². The van der Waals surface area contributed by atoms with Crippen LogP contribution in [0.25, 0.3) is 11.1 Å². The lowest BCUT2D eigenvalue weighted by Gasteiger charge is -2.23. The summed E-state index contributed by atoms with van der Waals surface area (Å²) in [4.78, 5) is 105. The number of amides is 6. The Morgan fingerprint density at radius 1 is 0.671 bits per heavy atom. The highest BCUT2D eigenvalue weighted by molar-refractivity contribution is 6.13. The van der Waals surface area contributed by atoms with Gasteiger partial charge in [-0.1, -0.05) is 51.5 Å². The number of nitrogens with one attached hydrogen (secondary N) is 2. The Balaban J connectivity index is 0.740. The number of benzene rings is 4. The predicted molar refractivity (Wildman–Crippen MR) is 294 cm³/mol. The summed E-state index contributed by atoms with van der Waals surface area (Å²) in [5.74, 6) is -1.69. The normalized spacial score (nSPS) is 17.8. The maximum absolute atomic E-state index is 14.1. The zero-order valence-corrected chi connectivity index (χ0v) is 44.7. The Morgan fingerprint density at radius 2 is 1.19 bits per heavy atom. The molecule has 0 saturated heterocycles. The first-order chi connectivity index (χ1) is 38.1. The lowest BCUT2D eigenvalue weighted by atomic mass is 9.92. The minimum absolute atomic E-state index is 0.0717. The molecule has 5 aliphatic rings. The molecule has 410 valence electrons. The van der Waals surface area contributed by atoms with Gasteiger partial charge in [-0.05, 0) is 77.4 Å². The van der Waals surface area contributed by atoms with Crippen LogP contribution in [0.4, 0.5) is 21.5 Å². The second-order valence-electron chi connectivity index (χ2n) is 20.3. The molecule has 5 heterocycles. The number of unbranched alkanes of at least 4 members (excludes halogenated alkanes) is 2. The van der Waals surface area contributed by atoms with Crippen LogP contribution in [0.3, 0.4) is 0 Å². The molecule has 2 N–H and O–H groups in total. The van der Waals surface area contributed by atoms with Gasteiger partial charge in [0.05, 0.1) is 68.1 Å². The number of methoxy groups -OCH3 is 2. The maximum atomic E-state index is 14.1. The average Bonchev–Trinajstić information content (AvgIpc) is 4.34. The fourth-order valence-electron chi connectivity index (χ4n) is 10.0. The van der Waals surface area contributed by atoms with Gasteiger partial charge in [0.1, 0.15) is 5.82 Å². The van der Waals surface area contributed by atoms with Gasteiger partial charge in [-0.15, -0.1) is 0 Å². The monoisotopic (exact) mass is 1080 g/mol. The number of nitrogens with zero attached hydrogens (tertiary/aromatic N) is 5. The van der Waals surface area contributed by atoms with Gasteiger partial charge in [-0.2, -0.15) is 0 Å². The summed E-state index contributed by atoms with van der Waals surface area (Å²) in [6.07, 6.45) is 12.9. The average molecular weight is 1080 g/mol. The standard InChI is InChI=1S/C60H62FN7O11/c1-35(2)57(65-54(70)10-7-6-8-21-66-55(71)19-20-56(66)72)49(69)24-36(3)58(73)64-42-17-13-38(14-18-42)40-26-44-32-63-48-30-53(51(77-5)28-46(48)60(75)68(44)34-40)79-23-9-22-78-52-29-47-45(27-50(52)76-4)59(74)67-33-39(25-43(67)31-62-47)37-11-15-41(61)16-12-37/h11-20,27-36,43-44,57H,6-10,21-26H2,1-5H3,(H,64,73)(H,65,70)/t36-,43+,44+,57+/m1/s1. The van der Waals surface area contributed by atoms with Gasteiger partial charge in [-0.25, -0.2) is 4.39 Å². The highest BCUT2D eigenvalue weighted by atomic mass is 19.1. The second kappa shape index (κ2) is 24.3. The van der Waals surface area contributed by atoms with E-state index in [0.29, 0.717) is 96.3 Å². The van der Waals surface area contributed by atoms with Crippen LogP contribution in [0.5, 0.6) is 23.0 Å². The fraction of sp³-hybridized carbons (Fsp3) is 0.350. The van der Waals surface area contributed by atoms with E-state index in [9.17, 15) is 38.0 Å². The lowest BCUT2D eigenvalue weighted by Crippen LogP contribution is -2.45. The molecule has 0 aromatic heterocycles. The Bertz CT molecular complexity index is 3200. The molecule has 0 saturated carbocycles. The molecule has 9 rings (SSSR count). The maximum Gasteiger partial charge on any atom is 0.260 e. The topological polar surface area (TPSA) is 215 Å². The van der Waals surface area contributed by atoms with Crippen molar-refractivity contribution in [2.75, 3.05) is 39.3 Å². The number of hydrogen-bond donors (Lipinski definition) is 2. The number of imide groups is 1. The number of anilines is 1. The van der Waals surface area contributed by atoms with Crippen molar-refractivity contribution in [2.24, 2.45) is 21.8 Å². The van der Waals surface area contributed by atoms with Crippen LogP contribution in [0.1, 0.15) is 104 Å². The number of carbonyl (C=O) groups is 7. The Morgan fingerprint density at radius 3 is 1.70 bits per heavy atom. The number of hydrogen-bond acceptors (Lipinski definition) is 13. The number of Topliss-reactive ketones (excluding diaryl/α,β-unsaturated/α-hetero) is 1. The molecule has 0 fully saturated rings. The van der Waals surface area contributed by atoms with E-state index < -0.39 is 12.0 Å². The first kappa shape index (κ1) is 55.0. The van der Waals surface area contributed by atoms with E-state index in [1.165, 1.54) is 43.4 Å². The van der Waals surface area contributed by atoms with Crippen LogP contribution in [-0.2, 0) is 24.0 Å². The molecule has 0 aliphatic carbocycles. The van der Waals surface area contributed by atoms with Crippen molar-refractivity contribution in [3.8, 4) is 23.0 Å². The Labute approximate surface area is 457 Å². The van der Waals surface area contributed by atoms with E-state index in [0.717, 1.165) is 22.3 Å². The van der Waals surface area contributed by atoms with Crippen LogP contribution in [0, 0.1) is 17.7 Å². The van der Waals surface area contributed by atoms with Crippen LogP contribution >= 0.6 is 0 Å². The molecular formula is C60H62FN7O11. The van der Waals surface area contributed by atoms with E-state index in [1.807, 2.05) is 32.2 Å². The van der Waals surface area contributed by atoms with Crippen molar-refractivity contribution >= 4 is 81.9 Å². The molecule has 0 spiro atoms. The van der Waals surface area contributed by atoms with Crippen molar-refractivity contribution in [3.05, 3.63) is 125 Å². The first-order valence-electron chi connectivity index (χ1n) is 26.5. The molecular weight excluding hydrogens is 1010 g/mol. The molecule has 6 amide bonds. The third kappa shape index (κ3) is 12.5. The van der Waals surface area contributed by atoms with Gasteiger partial charge in [-0.3, -0.25) is 48.4 Å². The minimum Gasteiger partial charge on any atom is -0.493 e. The predicted octanol–water partition coefficient (Wildman–Crippen LogP) is 8.79. The molecule has 18 nitrogen and oxygen atoms in total. The highest BCUT2D eigenvalue weighted by Crippen LogP contribution is 2.42. The van der Waals surface area contributed by atoms with E-state index in [2.05, 4.69) is 15.6 Å². The zero-order valence-electron chi connectivity index (χ0n) is 44.7. The van der Waals surface area contributed by atoms with Gasteiger partial charge in [0, 0.05) is 99.4 Å². The molecule has 4 atom stereocenters. The number of ether oxygens (including phenoxy) is 4. The quantitative estimate of drug-likeness (QED) is 0.0529. The first-order valence-corrected chi connectivity index (χ1v) is 26.5. The number of ketones is 1. The van der Waals surface area contributed by atoms with E-state index >= 15 is 0 Å². The van der Waals surface area contributed by atoms with E-state index in [-0.39, 0.29) is 91.1 Å². The number of halogens is 1. The summed E-state index contributed by atoms with van der Waals surface area (Å²) in [7, 11) is 3.00. The molecule has 5 aliphatic heterocycles. The number of carbonyl (C=O) groups excluding carboxylic acids is 7. The van der Waals surface area contributed by atoms with Crippen molar-refractivity contribution in [1.82, 2.24) is 20.0 Å².